The SMILES string of the molecule is CC(=O)CCn1cc(-c2cc(C)cc([C@@]34CC[C@@H](c5cc(-c6c(F)cccc6F)nnc53)C4(C)C)n2)cn1. The van der Waals surface area contributed by atoms with Gasteiger partial charge in [0, 0.05) is 24.7 Å². The molecule has 4 aromatic rings. The average Bonchev–Trinajstić information content (AvgIpc) is 3.50. The quantitative estimate of drug-likeness (QED) is 0.308. The van der Waals surface area contributed by atoms with Crippen LogP contribution >= 0.6 is 0 Å². The monoisotopic (exact) mass is 513 g/mol. The summed E-state index contributed by atoms with van der Waals surface area (Å²) in [5.41, 5.74) is 4.92. The molecule has 2 atom stereocenters. The Morgan fingerprint density at radius 3 is 2.61 bits per heavy atom. The molecule has 2 bridgehead atoms. The van der Waals surface area contributed by atoms with Gasteiger partial charge in [-0.05, 0) is 79.5 Å². The normalized spacial score (nSPS) is 21.1. The maximum atomic E-state index is 14.6. The van der Waals surface area contributed by atoms with Crippen LogP contribution in [-0.2, 0) is 16.8 Å². The third-order valence-corrected chi connectivity index (χ3v) is 8.63. The van der Waals surface area contributed by atoms with Crippen molar-refractivity contribution < 1.29 is 13.6 Å². The van der Waals surface area contributed by atoms with E-state index in [0.29, 0.717) is 13.0 Å². The molecule has 6 nitrogen and oxygen atoms in total. The molecule has 1 saturated carbocycles. The molecule has 3 heterocycles. The van der Waals surface area contributed by atoms with Crippen molar-refractivity contribution in [1.82, 2.24) is 25.0 Å². The van der Waals surface area contributed by atoms with E-state index in [-0.39, 0.29) is 28.4 Å². The molecule has 0 N–H and O–H groups in total. The topological polar surface area (TPSA) is 73.6 Å². The summed E-state index contributed by atoms with van der Waals surface area (Å²) in [4.78, 5) is 16.6. The van der Waals surface area contributed by atoms with Crippen molar-refractivity contribution in [3.63, 3.8) is 0 Å². The first kappa shape index (κ1) is 24.5. The number of benzene rings is 1. The van der Waals surface area contributed by atoms with Crippen LogP contribution in [0.3, 0.4) is 0 Å². The summed E-state index contributed by atoms with van der Waals surface area (Å²) in [6.07, 6.45) is 5.93. The van der Waals surface area contributed by atoms with E-state index in [2.05, 4.69) is 42.1 Å². The third kappa shape index (κ3) is 3.53. The molecule has 0 amide bonds. The van der Waals surface area contributed by atoms with Crippen molar-refractivity contribution >= 4 is 5.78 Å². The predicted octanol–water partition coefficient (Wildman–Crippen LogP) is 6.17. The van der Waals surface area contributed by atoms with Crippen LogP contribution in [0.1, 0.15) is 68.5 Å². The van der Waals surface area contributed by atoms with Gasteiger partial charge >= 0.3 is 0 Å². The Bertz CT molecular complexity index is 1570. The second-order valence-electron chi connectivity index (χ2n) is 11.2. The number of hydrogen-bond acceptors (Lipinski definition) is 5. The number of hydrogen-bond donors (Lipinski definition) is 0. The molecular formula is C30H29F2N5O. The summed E-state index contributed by atoms with van der Waals surface area (Å²) in [6, 6.07) is 9.82. The highest BCUT2D eigenvalue weighted by Crippen LogP contribution is 2.69. The highest BCUT2D eigenvalue weighted by atomic mass is 19.1. The summed E-state index contributed by atoms with van der Waals surface area (Å²) in [6.45, 7) is 8.63. The molecule has 38 heavy (non-hydrogen) atoms. The lowest BCUT2D eigenvalue weighted by molar-refractivity contribution is -0.117. The zero-order valence-electron chi connectivity index (χ0n) is 21.9. The predicted molar refractivity (Wildman–Crippen MR) is 139 cm³/mol. The lowest BCUT2D eigenvalue weighted by atomic mass is 9.66. The molecule has 0 saturated heterocycles. The van der Waals surface area contributed by atoms with Crippen molar-refractivity contribution in [2.24, 2.45) is 5.41 Å². The first-order valence-electron chi connectivity index (χ1n) is 13.0. The molecule has 0 radical (unpaired) electrons. The summed E-state index contributed by atoms with van der Waals surface area (Å²) in [5, 5.41) is 13.4. The first-order chi connectivity index (χ1) is 18.1. The standard InChI is InChI=1S/C30H29F2N5O/c1-17-12-24(19-15-33-37(16-19)11-9-18(2)38)34-26(13-17)30-10-8-21(29(30,3)4)20-14-25(35-36-28(20)30)27-22(31)6-5-7-23(27)32/h5-7,12-16,21H,8-11H2,1-4H3/t21-,30-/m0/s1. The van der Waals surface area contributed by atoms with Gasteiger partial charge in [0.15, 0.2) is 0 Å². The Balaban J connectivity index is 1.46. The number of aryl methyl sites for hydroxylation is 2. The lowest BCUT2D eigenvalue weighted by Gasteiger charge is -2.37. The Morgan fingerprint density at radius 1 is 1.11 bits per heavy atom. The van der Waals surface area contributed by atoms with Gasteiger partial charge in [-0.2, -0.15) is 10.2 Å². The smallest absolute Gasteiger partial charge is 0.135 e. The first-order valence-corrected chi connectivity index (χ1v) is 13.0. The van der Waals surface area contributed by atoms with Crippen LogP contribution < -0.4 is 0 Å². The number of carbonyl (C=O) groups is 1. The summed E-state index contributed by atoms with van der Waals surface area (Å²) < 4.78 is 30.9. The minimum atomic E-state index is -0.648. The fourth-order valence-corrected chi connectivity index (χ4v) is 6.68. The Hall–Kier alpha value is -3.81. The van der Waals surface area contributed by atoms with Crippen LogP contribution in [0.15, 0.2) is 48.8 Å². The molecule has 0 unspecified atom stereocenters. The van der Waals surface area contributed by atoms with Crippen LogP contribution in [0.25, 0.3) is 22.5 Å². The highest BCUT2D eigenvalue weighted by Gasteiger charge is 2.65. The van der Waals surface area contributed by atoms with E-state index in [9.17, 15) is 13.6 Å². The van der Waals surface area contributed by atoms with Gasteiger partial charge in [0.25, 0.3) is 0 Å². The van der Waals surface area contributed by atoms with Gasteiger partial charge in [-0.15, -0.1) is 5.10 Å². The minimum absolute atomic E-state index is 0.122. The van der Waals surface area contributed by atoms with E-state index < -0.39 is 17.0 Å². The molecule has 2 aliphatic rings. The Kier molecular flexibility index (Phi) is 5.56. The molecule has 3 aromatic heterocycles. The number of rotatable bonds is 6. The van der Waals surface area contributed by atoms with Crippen molar-refractivity contribution in [3.05, 3.63) is 82.9 Å². The zero-order chi connectivity index (χ0) is 26.8. The van der Waals surface area contributed by atoms with Crippen molar-refractivity contribution in [2.75, 3.05) is 0 Å². The number of pyridine rings is 1. The van der Waals surface area contributed by atoms with Crippen molar-refractivity contribution in [1.29, 1.82) is 0 Å². The second-order valence-corrected chi connectivity index (χ2v) is 11.2. The molecule has 0 aliphatic heterocycles. The van der Waals surface area contributed by atoms with Crippen molar-refractivity contribution in [3.8, 4) is 22.5 Å². The summed E-state index contributed by atoms with van der Waals surface area (Å²) >= 11 is 0. The van der Waals surface area contributed by atoms with Gasteiger partial charge in [0.05, 0.1) is 40.0 Å². The van der Waals surface area contributed by atoms with E-state index in [4.69, 9.17) is 4.98 Å². The number of nitrogens with zero attached hydrogens (tertiary/aromatic N) is 5. The third-order valence-electron chi connectivity index (χ3n) is 8.63. The number of Topliss-reactive ketones (excluding diaryl/α,β-unsaturated/α-hetero) is 1. The van der Waals surface area contributed by atoms with Crippen LogP contribution in [0.4, 0.5) is 8.78 Å². The molecule has 194 valence electrons. The van der Waals surface area contributed by atoms with E-state index in [0.717, 1.165) is 46.6 Å². The molecule has 1 fully saturated rings. The van der Waals surface area contributed by atoms with Crippen LogP contribution in [0.2, 0.25) is 0 Å². The van der Waals surface area contributed by atoms with Gasteiger partial charge in [0.2, 0.25) is 0 Å². The molecule has 2 aliphatic carbocycles. The highest BCUT2D eigenvalue weighted by molar-refractivity contribution is 5.75. The number of fused-ring (bicyclic) bond motifs is 5. The van der Waals surface area contributed by atoms with E-state index >= 15 is 0 Å². The molecule has 1 aromatic carbocycles. The largest absolute Gasteiger partial charge is 0.300 e. The Morgan fingerprint density at radius 2 is 1.87 bits per heavy atom. The second kappa shape index (κ2) is 8.61. The Labute approximate surface area is 220 Å². The lowest BCUT2D eigenvalue weighted by Crippen LogP contribution is -2.38. The van der Waals surface area contributed by atoms with Gasteiger partial charge in [-0.25, -0.2) is 8.78 Å². The zero-order valence-corrected chi connectivity index (χ0v) is 21.9. The number of ketones is 1. The van der Waals surface area contributed by atoms with Gasteiger partial charge in [0.1, 0.15) is 17.4 Å². The maximum absolute atomic E-state index is 14.6. The van der Waals surface area contributed by atoms with Crippen LogP contribution in [0.5, 0.6) is 0 Å². The van der Waals surface area contributed by atoms with Crippen LogP contribution in [0, 0.1) is 24.0 Å². The molecule has 8 heteroatoms. The fourth-order valence-electron chi connectivity index (χ4n) is 6.68. The van der Waals surface area contributed by atoms with Crippen molar-refractivity contribution in [2.45, 2.75) is 64.8 Å². The number of halogens is 2. The average molecular weight is 514 g/mol. The van der Waals surface area contributed by atoms with Crippen LogP contribution in [-0.4, -0.2) is 30.7 Å². The fraction of sp³-hybridized carbons (Fsp3) is 0.367. The van der Waals surface area contributed by atoms with E-state index in [1.165, 1.54) is 18.2 Å². The van der Waals surface area contributed by atoms with Gasteiger partial charge in [-0.1, -0.05) is 19.9 Å². The molecule has 6 rings (SSSR count). The summed E-state index contributed by atoms with van der Waals surface area (Å²) in [7, 11) is 0. The van der Waals surface area contributed by atoms with Gasteiger partial charge in [-0.3, -0.25) is 14.5 Å². The van der Waals surface area contributed by atoms with E-state index in [1.807, 2.05) is 18.3 Å². The minimum Gasteiger partial charge on any atom is -0.300 e. The van der Waals surface area contributed by atoms with Gasteiger partial charge < -0.3 is 0 Å². The summed E-state index contributed by atoms with van der Waals surface area (Å²) in [5.74, 6) is -1.01. The molecule has 0 spiro atoms. The number of aromatic nitrogens is 5. The number of carbonyl (C=O) groups excluding carboxylic acids is 1. The molecular weight excluding hydrogens is 484 g/mol. The van der Waals surface area contributed by atoms with E-state index in [1.54, 1.807) is 17.8 Å². The maximum Gasteiger partial charge on any atom is 0.135 e.